The molecule has 1 aromatic carbocycles. The number of nitrogens with zero attached hydrogens (tertiary/aromatic N) is 2. The second kappa shape index (κ2) is 9.79. The Morgan fingerprint density at radius 2 is 1.79 bits per heavy atom. The highest BCUT2D eigenvalue weighted by molar-refractivity contribution is 7.98. The Hall–Kier alpha value is -2.26. The average molecular weight is 410 g/mol. The van der Waals surface area contributed by atoms with Crippen molar-refractivity contribution in [3.05, 3.63) is 24.3 Å². The van der Waals surface area contributed by atoms with Crippen molar-refractivity contribution in [2.75, 3.05) is 28.3 Å². The van der Waals surface area contributed by atoms with Gasteiger partial charge in [0.1, 0.15) is 11.9 Å². The molecule has 1 fully saturated rings. The molecule has 1 aromatic rings. The van der Waals surface area contributed by atoms with Crippen LogP contribution >= 0.6 is 11.9 Å². The van der Waals surface area contributed by atoms with Crippen LogP contribution in [0.3, 0.4) is 0 Å². The zero-order valence-electron chi connectivity index (χ0n) is 16.9. The summed E-state index contributed by atoms with van der Waals surface area (Å²) in [5, 5.41) is 8.39. The van der Waals surface area contributed by atoms with Gasteiger partial charge >= 0.3 is 18.1 Å². The van der Waals surface area contributed by atoms with E-state index in [-0.39, 0.29) is 12.1 Å². The average Bonchev–Trinajstić information content (AvgIpc) is 2.71. The lowest BCUT2D eigenvalue weighted by molar-refractivity contribution is -0.663. The summed E-state index contributed by atoms with van der Waals surface area (Å²) in [4.78, 5) is 27.8. The lowest BCUT2D eigenvalue weighted by Gasteiger charge is -2.31. The fourth-order valence-electron chi connectivity index (χ4n) is 2.95. The number of carbonyl (C=O) groups excluding carboxylic acids is 2. The molecule has 2 N–H and O–H groups in total. The molecule has 0 spiro atoms. The lowest BCUT2D eigenvalue weighted by atomic mass is 9.98. The molecule has 154 valence electrons. The number of imide groups is 1. The largest absolute Gasteiger partial charge is 0.497 e. The highest BCUT2D eigenvalue weighted by atomic mass is 32.2. The second-order valence-corrected chi connectivity index (χ2v) is 7.93. The van der Waals surface area contributed by atoms with Gasteiger partial charge in [-0.3, -0.25) is 4.90 Å². The number of amidine groups is 1. The van der Waals surface area contributed by atoms with Gasteiger partial charge in [-0.25, -0.2) is 19.7 Å². The Labute approximate surface area is 170 Å². The Morgan fingerprint density at radius 3 is 2.32 bits per heavy atom. The Kier molecular flexibility index (Phi) is 7.70. The molecule has 0 radical (unpaired) electrons. The van der Waals surface area contributed by atoms with Crippen LogP contribution in [0.2, 0.25) is 0 Å². The summed E-state index contributed by atoms with van der Waals surface area (Å²) in [6.45, 7) is 0. The molecule has 1 atom stereocenters. The fraction of sp³-hybridized carbons (Fsp3) is 0.526. The number of hydrogen-bond donors (Lipinski definition) is 2. The number of rotatable bonds is 4. The maximum Gasteiger partial charge on any atom is 0.444 e. The van der Waals surface area contributed by atoms with Crippen LogP contribution in [0.25, 0.3) is 0 Å². The topological polar surface area (TPSA) is 91.7 Å². The predicted octanol–water partition coefficient (Wildman–Crippen LogP) is 3.82. The van der Waals surface area contributed by atoms with Gasteiger partial charge in [-0.2, -0.15) is 0 Å². The van der Waals surface area contributed by atoms with Gasteiger partial charge in [-0.05, 0) is 61.9 Å². The van der Waals surface area contributed by atoms with Crippen LogP contribution in [0.1, 0.15) is 32.1 Å². The molecule has 4 amide bonds. The van der Waals surface area contributed by atoms with E-state index in [1.54, 1.807) is 45.5 Å². The lowest BCUT2D eigenvalue weighted by Crippen LogP contribution is -2.64. The number of carbonyl (C=O) groups is 2. The van der Waals surface area contributed by atoms with E-state index in [2.05, 4.69) is 4.72 Å². The summed E-state index contributed by atoms with van der Waals surface area (Å²) in [6, 6.07) is 5.61. The first-order valence-corrected chi connectivity index (χ1v) is 10.1. The molecule has 1 aliphatic rings. The van der Waals surface area contributed by atoms with Crippen LogP contribution in [0, 0.1) is 5.41 Å². The van der Waals surface area contributed by atoms with Gasteiger partial charge in [0.25, 0.3) is 0 Å². The van der Waals surface area contributed by atoms with Crippen LogP contribution in [-0.2, 0) is 4.74 Å². The second-order valence-electron chi connectivity index (χ2n) is 7.05. The van der Waals surface area contributed by atoms with Gasteiger partial charge in [0.2, 0.25) is 0 Å². The molecule has 0 heterocycles. The number of nitrogens with one attached hydrogen (secondary N) is 2. The van der Waals surface area contributed by atoms with Crippen LogP contribution < -0.4 is 9.46 Å². The molecule has 9 heteroatoms. The van der Waals surface area contributed by atoms with Gasteiger partial charge < -0.3 is 9.47 Å². The standard InChI is InChI=1S/C19H28N4O4S/c1-22(2)19(25)23(3,17(20)27-15-8-6-5-7-9-15)18(24)21-28-16-12-10-14(26-4)11-13-16/h10-13,15,20H,5-9H2,1-4H3/p+1. The van der Waals surface area contributed by atoms with Crippen molar-refractivity contribution in [2.24, 2.45) is 0 Å². The summed E-state index contributed by atoms with van der Waals surface area (Å²) in [6.07, 6.45) is 4.75. The van der Waals surface area contributed by atoms with E-state index in [1.807, 2.05) is 0 Å². The minimum Gasteiger partial charge on any atom is -0.497 e. The van der Waals surface area contributed by atoms with Gasteiger partial charge in [0, 0.05) is 19.0 Å². The molecule has 2 rings (SSSR count). The Balaban J connectivity index is 2.11. The maximum atomic E-state index is 12.9. The van der Waals surface area contributed by atoms with Gasteiger partial charge in [-0.15, -0.1) is 0 Å². The normalized spacial score (nSPS) is 16.6. The molecule has 0 aromatic heterocycles. The van der Waals surface area contributed by atoms with Crippen molar-refractivity contribution in [2.45, 2.75) is 43.1 Å². The minimum atomic E-state index is -0.910. The van der Waals surface area contributed by atoms with Gasteiger partial charge in [0.15, 0.2) is 0 Å². The zero-order chi connectivity index (χ0) is 20.7. The van der Waals surface area contributed by atoms with Crippen LogP contribution in [0.5, 0.6) is 5.75 Å². The van der Waals surface area contributed by atoms with Gasteiger partial charge in [-0.1, -0.05) is 10.9 Å². The van der Waals surface area contributed by atoms with E-state index < -0.39 is 16.5 Å². The Morgan fingerprint density at radius 1 is 1.18 bits per heavy atom. The third-order valence-electron chi connectivity index (χ3n) is 4.72. The summed E-state index contributed by atoms with van der Waals surface area (Å²) >= 11 is 1.07. The van der Waals surface area contributed by atoms with E-state index in [1.165, 1.54) is 11.9 Å². The number of urea groups is 2. The highest BCUT2D eigenvalue weighted by Gasteiger charge is 2.50. The molecule has 0 saturated heterocycles. The number of methoxy groups -OCH3 is 1. The van der Waals surface area contributed by atoms with E-state index in [9.17, 15) is 9.59 Å². The molecule has 1 aliphatic carbocycles. The molecule has 1 saturated carbocycles. The first-order valence-electron chi connectivity index (χ1n) is 9.24. The summed E-state index contributed by atoms with van der Waals surface area (Å²) < 4.78 is 12.6. The highest BCUT2D eigenvalue weighted by Crippen LogP contribution is 2.24. The van der Waals surface area contributed by atoms with Gasteiger partial charge in [0.05, 0.1) is 14.2 Å². The van der Waals surface area contributed by atoms with Crippen molar-refractivity contribution in [1.29, 1.82) is 5.41 Å². The molecule has 1 unspecified atom stereocenters. The molecule has 8 nitrogen and oxygen atoms in total. The van der Waals surface area contributed by atoms with Crippen molar-refractivity contribution in [1.82, 2.24) is 9.62 Å². The summed E-state index contributed by atoms with van der Waals surface area (Å²) in [5.41, 5.74) is 0. The van der Waals surface area contributed by atoms with Crippen molar-refractivity contribution in [3.8, 4) is 5.75 Å². The number of hydrogen-bond acceptors (Lipinski definition) is 6. The SMILES string of the molecule is COc1ccc(SNC(=O)[N+](C)(C(=N)OC2CCCCC2)C(=O)N(C)C)cc1. The summed E-state index contributed by atoms with van der Waals surface area (Å²) in [5.74, 6) is 0.710. The fourth-order valence-corrected chi connectivity index (χ4v) is 3.61. The van der Waals surface area contributed by atoms with Crippen LogP contribution in [0.4, 0.5) is 9.59 Å². The zero-order valence-corrected chi connectivity index (χ0v) is 17.7. The minimum absolute atomic E-state index is 0.129. The number of quaternary nitrogens is 1. The number of amides is 4. The third kappa shape index (κ3) is 5.17. The quantitative estimate of drug-likeness (QED) is 0.341. The summed E-state index contributed by atoms with van der Waals surface area (Å²) in [7, 11) is 6.07. The molecule has 28 heavy (non-hydrogen) atoms. The van der Waals surface area contributed by atoms with Crippen LogP contribution in [-0.4, -0.2) is 61.8 Å². The molecule has 0 aliphatic heterocycles. The van der Waals surface area contributed by atoms with E-state index in [4.69, 9.17) is 14.9 Å². The number of benzene rings is 1. The molecular formula is C19H29N4O4S+. The molecule has 0 bridgehead atoms. The van der Waals surface area contributed by atoms with Crippen LogP contribution in [0.15, 0.2) is 29.2 Å². The predicted molar refractivity (Wildman–Crippen MR) is 108 cm³/mol. The van der Waals surface area contributed by atoms with E-state index >= 15 is 0 Å². The van der Waals surface area contributed by atoms with Crippen molar-refractivity contribution < 1.29 is 23.5 Å². The van der Waals surface area contributed by atoms with E-state index in [0.29, 0.717) is 5.75 Å². The first kappa shape index (κ1) is 22.0. The number of ether oxygens (including phenoxy) is 2. The third-order valence-corrected chi connectivity index (χ3v) is 5.51. The monoisotopic (exact) mass is 409 g/mol. The smallest absolute Gasteiger partial charge is 0.444 e. The Bertz CT molecular complexity index is 704. The van der Waals surface area contributed by atoms with Crippen molar-refractivity contribution >= 4 is 30.0 Å². The van der Waals surface area contributed by atoms with Crippen molar-refractivity contribution in [3.63, 3.8) is 0 Å². The maximum absolute atomic E-state index is 12.9. The first-order chi connectivity index (χ1) is 13.3. The van der Waals surface area contributed by atoms with E-state index in [0.717, 1.165) is 48.9 Å². The molecular weight excluding hydrogens is 380 g/mol.